The SMILES string of the molecule is CC(C)N1CCN(C(=O)[C@@H]2CC(N(C(=O)[C@@H]3CCCO3)C3CCC(C)(C)CC3)CN2C(=O)[C@@H]2CN(C3CCSCC3)C[C@H]2c2ccc(F)cc2F)CC1. The Labute approximate surface area is 319 Å². The molecule has 0 bridgehead atoms. The number of halogens is 2. The average molecular weight is 758 g/mol. The van der Waals surface area contributed by atoms with E-state index in [0.717, 1.165) is 75.6 Å². The van der Waals surface area contributed by atoms with Crippen molar-refractivity contribution in [3.8, 4) is 0 Å². The summed E-state index contributed by atoms with van der Waals surface area (Å²) in [4.78, 5) is 54.8. The lowest BCUT2D eigenvalue weighted by Gasteiger charge is -2.43. The number of nitrogens with zero attached hydrogens (tertiary/aromatic N) is 5. The molecule has 1 saturated carbocycles. The summed E-state index contributed by atoms with van der Waals surface area (Å²) in [7, 11) is 0. The molecule has 53 heavy (non-hydrogen) atoms. The predicted molar refractivity (Wildman–Crippen MR) is 204 cm³/mol. The van der Waals surface area contributed by atoms with Crippen LogP contribution >= 0.6 is 11.8 Å². The lowest BCUT2D eigenvalue weighted by Crippen LogP contribution is -2.56. The lowest BCUT2D eigenvalue weighted by molar-refractivity contribution is -0.148. The summed E-state index contributed by atoms with van der Waals surface area (Å²) < 4.78 is 35.7. The Hall–Kier alpha value is -2.28. The first kappa shape index (κ1) is 39.0. The molecule has 12 heteroatoms. The van der Waals surface area contributed by atoms with E-state index in [1.807, 2.05) is 21.6 Å². The normalized spacial score (nSPS) is 30.7. The van der Waals surface area contributed by atoms with Crippen LogP contribution in [0.3, 0.4) is 0 Å². The van der Waals surface area contributed by atoms with Gasteiger partial charge in [0.25, 0.3) is 5.91 Å². The Bertz CT molecular complexity index is 1470. The maximum Gasteiger partial charge on any atom is 0.252 e. The molecule has 1 unspecified atom stereocenters. The molecule has 9 nitrogen and oxygen atoms in total. The van der Waals surface area contributed by atoms with Crippen molar-refractivity contribution in [1.29, 1.82) is 0 Å². The largest absolute Gasteiger partial charge is 0.368 e. The second kappa shape index (κ2) is 16.4. The summed E-state index contributed by atoms with van der Waals surface area (Å²) in [6, 6.07) is 3.40. The summed E-state index contributed by atoms with van der Waals surface area (Å²) in [5.74, 6) is -0.422. The average Bonchev–Trinajstić information content (AvgIpc) is 3.93. The number of likely N-dealkylation sites (tertiary alicyclic amines) is 2. The molecule has 7 rings (SSSR count). The summed E-state index contributed by atoms with van der Waals surface area (Å²) in [6.07, 6.45) is 7.24. The Morgan fingerprint density at radius 3 is 2.26 bits per heavy atom. The van der Waals surface area contributed by atoms with Crippen LogP contribution in [0.4, 0.5) is 8.78 Å². The molecule has 0 N–H and O–H groups in total. The molecule has 294 valence electrons. The number of amides is 3. The zero-order valence-electron chi connectivity index (χ0n) is 32.3. The third-order valence-corrected chi connectivity index (χ3v) is 14.5. The molecular formula is C41H61F2N5O4S. The molecule has 5 saturated heterocycles. The van der Waals surface area contributed by atoms with Gasteiger partial charge in [0.05, 0.1) is 12.0 Å². The van der Waals surface area contributed by atoms with Crippen molar-refractivity contribution in [3.63, 3.8) is 0 Å². The summed E-state index contributed by atoms with van der Waals surface area (Å²) >= 11 is 1.94. The zero-order chi connectivity index (χ0) is 37.4. The number of piperazine rings is 1. The monoisotopic (exact) mass is 757 g/mol. The fourth-order valence-electron chi connectivity index (χ4n) is 10.2. The third kappa shape index (κ3) is 8.46. The number of rotatable bonds is 8. The second-order valence-electron chi connectivity index (χ2n) is 17.7. The third-order valence-electron chi connectivity index (χ3n) is 13.5. The van der Waals surface area contributed by atoms with E-state index in [4.69, 9.17) is 4.74 Å². The minimum Gasteiger partial charge on any atom is -0.368 e. The first-order chi connectivity index (χ1) is 25.4. The Balaban J connectivity index is 1.21. The van der Waals surface area contributed by atoms with E-state index in [9.17, 15) is 14.0 Å². The number of hydrogen-bond donors (Lipinski definition) is 0. The number of benzene rings is 1. The van der Waals surface area contributed by atoms with Crippen molar-refractivity contribution in [2.45, 2.75) is 128 Å². The van der Waals surface area contributed by atoms with Crippen LogP contribution < -0.4 is 0 Å². The van der Waals surface area contributed by atoms with Gasteiger partial charge < -0.3 is 19.4 Å². The van der Waals surface area contributed by atoms with E-state index in [1.54, 1.807) is 4.90 Å². The van der Waals surface area contributed by atoms with E-state index in [-0.39, 0.29) is 41.8 Å². The Kier molecular flexibility index (Phi) is 12.1. The predicted octanol–water partition coefficient (Wildman–Crippen LogP) is 5.37. The summed E-state index contributed by atoms with van der Waals surface area (Å²) in [5, 5.41) is 0. The van der Waals surface area contributed by atoms with E-state index in [1.165, 1.54) is 12.1 Å². The van der Waals surface area contributed by atoms with Crippen molar-refractivity contribution < 1.29 is 27.9 Å². The molecule has 1 aromatic rings. The first-order valence-corrected chi connectivity index (χ1v) is 21.6. The first-order valence-electron chi connectivity index (χ1n) is 20.4. The fraction of sp³-hybridized carbons (Fsp3) is 0.780. The topological polar surface area (TPSA) is 76.6 Å². The van der Waals surface area contributed by atoms with Crippen molar-refractivity contribution in [1.82, 2.24) is 24.5 Å². The maximum absolute atomic E-state index is 15.6. The van der Waals surface area contributed by atoms with Gasteiger partial charge in [-0.2, -0.15) is 11.8 Å². The number of hydrogen-bond acceptors (Lipinski definition) is 7. The molecule has 6 aliphatic rings. The second-order valence-corrected chi connectivity index (χ2v) is 18.9. The number of ether oxygens (including phenoxy) is 1. The van der Waals surface area contributed by atoms with Gasteiger partial charge in [0.15, 0.2) is 0 Å². The van der Waals surface area contributed by atoms with E-state index in [0.29, 0.717) is 63.3 Å². The lowest BCUT2D eigenvalue weighted by atomic mass is 9.75. The van der Waals surface area contributed by atoms with Gasteiger partial charge in [-0.1, -0.05) is 19.9 Å². The standard InChI is InChI=1S/C41H61F2N5O4S/c1-27(2)44-15-17-45(18-16-44)39(50)36-23-31(48(40(51)37-6-5-19-52-37)30-9-13-41(3,4)14-10-30)24-47(36)38(49)34-26-46(29-11-20-53-21-12-29)25-33(34)32-8-7-28(42)22-35(32)43/h7-8,22,27,29-31,33-34,36-37H,5-6,9-21,23-26H2,1-4H3/t31?,33-,34+,36-,37-/m0/s1. The molecule has 0 spiro atoms. The Morgan fingerprint density at radius 2 is 1.62 bits per heavy atom. The van der Waals surface area contributed by atoms with Gasteiger partial charge in [0, 0.05) is 82.5 Å². The van der Waals surface area contributed by atoms with Crippen LogP contribution in [0.1, 0.15) is 97.0 Å². The van der Waals surface area contributed by atoms with Crippen molar-refractivity contribution in [3.05, 3.63) is 35.4 Å². The molecule has 0 radical (unpaired) electrons. The van der Waals surface area contributed by atoms with Crippen LogP contribution in [-0.4, -0.2) is 142 Å². The van der Waals surface area contributed by atoms with Crippen molar-refractivity contribution in [2.75, 3.05) is 63.9 Å². The van der Waals surface area contributed by atoms with Gasteiger partial charge in [-0.25, -0.2) is 8.78 Å². The minimum absolute atomic E-state index is 0.00304. The highest BCUT2D eigenvalue weighted by molar-refractivity contribution is 7.99. The fourth-order valence-corrected chi connectivity index (χ4v) is 11.3. The minimum atomic E-state index is -0.711. The van der Waals surface area contributed by atoms with Gasteiger partial charge in [0.2, 0.25) is 11.8 Å². The van der Waals surface area contributed by atoms with E-state index in [2.05, 4.69) is 37.5 Å². The maximum atomic E-state index is 15.6. The quantitative estimate of drug-likeness (QED) is 0.353. The molecule has 5 heterocycles. The molecule has 1 aliphatic carbocycles. The number of thioether (sulfide) groups is 1. The van der Waals surface area contributed by atoms with Gasteiger partial charge in [-0.15, -0.1) is 0 Å². The van der Waals surface area contributed by atoms with Crippen LogP contribution in [0.5, 0.6) is 0 Å². The highest BCUT2D eigenvalue weighted by atomic mass is 32.2. The number of carbonyl (C=O) groups excluding carboxylic acids is 3. The molecule has 5 aliphatic heterocycles. The molecule has 3 amide bonds. The zero-order valence-corrected chi connectivity index (χ0v) is 33.1. The highest BCUT2D eigenvalue weighted by Crippen LogP contribution is 2.42. The number of carbonyl (C=O) groups is 3. The molecule has 5 atom stereocenters. The smallest absolute Gasteiger partial charge is 0.252 e. The van der Waals surface area contributed by atoms with E-state index >= 15 is 9.18 Å². The van der Waals surface area contributed by atoms with Gasteiger partial charge in [-0.3, -0.25) is 24.2 Å². The Morgan fingerprint density at radius 1 is 0.906 bits per heavy atom. The van der Waals surface area contributed by atoms with Crippen molar-refractivity contribution >= 4 is 29.5 Å². The summed E-state index contributed by atoms with van der Waals surface area (Å²) in [5.41, 5.74) is 0.570. The highest BCUT2D eigenvalue weighted by Gasteiger charge is 2.52. The van der Waals surface area contributed by atoms with Crippen molar-refractivity contribution in [2.24, 2.45) is 11.3 Å². The van der Waals surface area contributed by atoms with E-state index < -0.39 is 35.6 Å². The van der Waals surface area contributed by atoms with Crippen LogP contribution in [0.15, 0.2) is 18.2 Å². The summed E-state index contributed by atoms with van der Waals surface area (Å²) in [6.45, 7) is 13.5. The molecule has 6 fully saturated rings. The van der Waals surface area contributed by atoms with Crippen LogP contribution in [0.2, 0.25) is 0 Å². The molecular weight excluding hydrogens is 697 g/mol. The van der Waals surface area contributed by atoms with Crippen LogP contribution in [0.25, 0.3) is 0 Å². The molecule has 0 aromatic heterocycles. The molecule has 1 aromatic carbocycles. The van der Waals surface area contributed by atoms with Gasteiger partial charge in [0.1, 0.15) is 23.8 Å². The van der Waals surface area contributed by atoms with Gasteiger partial charge in [-0.05, 0) is 100 Å². The van der Waals surface area contributed by atoms with Gasteiger partial charge >= 0.3 is 0 Å². The van der Waals surface area contributed by atoms with Crippen LogP contribution in [-0.2, 0) is 19.1 Å². The van der Waals surface area contributed by atoms with Crippen LogP contribution in [0, 0.1) is 23.0 Å².